The average molecular weight is 182 g/mol. The molecule has 0 fully saturated rings. The van der Waals surface area contributed by atoms with Gasteiger partial charge in [-0.3, -0.25) is 9.48 Å². The summed E-state index contributed by atoms with van der Waals surface area (Å²) in [5, 5.41) is 13.0. The summed E-state index contributed by atoms with van der Waals surface area (Å²) >= 11 is 0. The molecule has 1 N–H and O–H groups in total. The molecule has 0 aliphatic heterocycles. The lowest BCUT2D eigenvalue weighted by molar-refractivity contribution is -0.139. The molecule has 0 radical (unpaired) electrons. The number of carboxylic acids is 1. The molecule has 1 aromatic heterocycles. The summed E-state index contributed by atoms with van der Waals surface area (Å²) < 4.78 is 1.64. The van der Waals surface area contributed by atoms with Gasteiger partial charge in [-0.25, -0.2) is 0 Å². The first-order valence-corrected chi connectivity index (χ1v) is 4.29. The molecule has 72 valence electrons. The van der Waals surface area contributed by atoms with E-state index in [9.17, 15) is 4.79 Å². The molecule has 0 aliphatic carbocycles. The molecule has 0 bridgehead atoms. The number of carboxylic acid groups (broad SMARTS) is 1. The first-order valence-electron chi connectivity index (χ1n) is 4.29. The van der Waals surface area contributed by atoms with Gasteiger partial charge in [-0.15, -0.1) is 0 Å². The molecule has 1 unspecified atom stereocenters. The number of hydrogen-bond acceptors (Lipinski definition) is 2. The highest BCUT2D eigenvalue weighted by atomic mass is 16.4. The summed E-state index contributed by atoms with van der Waals surface area (Å²) in [4.78, 5) is 10.9. The van der Waals surface area contributed by atoms with Crippen LogP contribution in [0.2, 0.25) is 0 Å². The highest BCUT2D eigenvalue weighted by Gasteiger charge is 2.21. The second-order valence-corrected chi connectivity index (χ2v) is 3.13. The third-order valence-corrected chi connectivity index (χ3v) is 2.10. The number of nitrogens with zero attached hydrogens (tertiary/aromatic N) is 2. The molecule has 1 aromatic rings. The fourth-order valence-corrected chi connectivity index (χ4v) is 1.47. The predicted octanol–water partition coefficient (Wildman–Crippen LogP) is 1.31. The lowest BCUT2D eigenvalue weighted by Crippen LogP contribution is -2.14. The van der Waals surface area contributed by atoms with Gasteiger partial charge in [0.2, 0.25) is 0 Å². The second-order valence-electron chi connectivity index (χ2n) is 3.13. The smallest absolute Gasteiger partial charge is 0.312 e. The Hall–Kier alpha value is -1.32. The Morgan fingerprint density at radius 1 is 1.77 bits per heavy atom. The van der Waals surface area contributed by atoms with Crippen LogP contribution in [0.3, 0.4) is 0 Å². The van der Waals surface area contributed by atoms with E-state index in [2.05, 4.69) is 5.10 Å². The highest BCUT2D eigenvalue weighted by molar-refractivity contribution is 5.75. The Bertz CT molecular complexity index is 317. The molecular weight excluding hydrogens is 168 g/mol. The van der Waals surface area contributed by atoms with Gasteiger partial charge in [0.25, 0.3) is 0 Å². The lowest BCUT2D eigenvalue weighted by atomic mass is 10.0. The monoisotopic (exact) mass is 182 g/mol. The van der Waals surface area contributed by atoms with Gasteiger partial charge in [0.15, 0.2) is 0 Å². The molecule has 1 rings (SSSR count). The molecule has 0 aliphatic rings. The highest BCUT2D eigenvalue weighted by Crippen LogP contribution is 2.19. The van der Waals surface area contributed by atoms with E-state index in [0.29, 0.717) is 6.42 Å². The minimum Gasteiger partial charge on any atom is -0.481 e. The maximum atomic E-state index is 10.9. The van der Waals surface area contributed by atoms with Crippen LogP contribution in [0, 0.1) is 6.92 Å². The number of aliphatic carboxylic acids is 1. The van der Waals surface area contributed by atoms with Crippen molar-refractivity contribution in [2.45, 2.75) is 26.2 Å². The summed E-state index contributed by atoms with van der Waals surface area (Å²) in [6, 6.07) is 1.82. The van der Waals surface area contributed by atoms with E-state index in [0.717, 1.165) is 11.4 Å². The quantitative estimate of drug-likeness (QED) is 0.766. The van der Waals surface area contributed by atoms with E-state index in [1.165, 1.54) is 0 Å². The largest absolute Gasteiger partial charge is 0.481 e. The third-order valence-electron chi connectivity index (χ3n) is 2.10. The molecule has 0 amide bonds. The van der Waals surface area contributed by atoms with Gasteiger partial charge in [0.1, 0.15) is 0 Å². The Kier molecular flexibility index (Phi) is 2.70. The molecule has 0 aromatic carbocycles. The van der Waals surface area contributed by atoms with Gasteiger partial charge >= 0.3 is 5.97 Å². The Morgan fingerprint density at radius 2 is 2.38 bits per heavy atom. The van der Waals surface area contributed by atoms with E-state index < -0.39 is 11.9 Å². The van der Waals surface area contributed by atoms with Crippen molar-refractivity contribution in [1.29, 1.82) is 0 Å². The van der Waals surface area contributed by atoms with Crippen LogP contribution in [-0.2, 0) is 11.8 Å². The molecule has 4 nitrogen and oxygen atoms in total. The van der Waals surface area contributed by atoms with Gasteiger partial charge in [-0.2, -0.15) is 5.10 Å². The molecule has 0 spiro atoms. The van der Waals surface area contributed by atoms with Crippen molar-refractivity contribution in [2.75, 3.05) is 0 Å². The van der Waals surface area contributed by atoms with Gasteiger partial charge in [-0.05, 0) is 19.4 Å². The zero-order valence-corrected chi connectivity index (χ0v) is 8.11. The fraction of sp³-hybridized carbons (Fsp3) is 0.556. The van der Waals surface area contributed by atoms with E-state index in [4.69, 9.17) is 5.11 Å². The second kappa shape index (κ2) is 3.60. The number of rotatable bonds is 3. The van der Waals surface area contributed by atoms with Gasteiger partial charge in [0, 0.05) is 7.05 Å². The molecule has 1 heterocycles. The van der Waals surface area contributed by atoms with Crippen molar-refractivity contribution < 1.29 is 9.90 Å². The topological polar surface area (TPSA) is 55.1 Å². The predicted molar refractivity (Wildman–Crippen MR) is 48.6 cm³/mol. The van der Waals surface area contributed by atoms with Crippen LogP contribution < -0.4 is 0 Å². The molecule has 1 atom stereocenters. The zero-order chi connectivity index (χ0) is 10.0. The molecule has 0 saturated carbocycles. The molecular formula is C9H14N2O2. The summed E-state index contributed by atoms with van der Waals surface area (Å²) in [6.07, 6.45) is 0.592. The van der Waals surface area contributed by atoms with Crippen LogP contribution in [0.25, 0.3) is 0 Å². The third kappa shape index (κ3) is 1.88. The van der Waals surface area contributed by atoms with Crippen molar-refractivity contribution in [2.24, 2.45) is 7.05 Å². The Balaban J connectivity index is 3.04. The standard InChI is InChI=1S/C9H14N2O2/c1-4-7(9(12)13)8-5-6(2)10-11(8)3/h5,7H,4H2,1-3H3,(H,12,13). The van der Waals surface area contributed by atoms with Gasteiger partial charge in [-0.1, -0.05) is 6.92 Å². The maximum absolute atomic E-state index is 10.9. The van der Waals surface area contributed by atoms with Crippen molar-refractivity contribution in [3.05, 3.63) is 17.5 Å². The first-order chi connectivity index (χ1) is 6.06. The summed E-state index contributed by atoms with van der Waals surface area (Å²) in [5.41, 5.74) is 1.63. The van der Waals surface area contributed by atoms with Crippen molar-refractivity contribution in [3.63, 3.8) is 0 Å². The van der Waals surface area contributed by atoms with Crippen LogP contribution >= 0.6 is 0 Å². The normalized spacial score (nSPS) is 12.8. The summed E-state index contributed by atoms with van der Waals surface area (Å²) in [5.74, 6) is -1.23. The van der Waals surface area contributed by atoms with Crippen molar-refractivity contribution in [1.82, 2.24) is 9.78 Å². The van der Waals surface area contributed by atoms with Crippen molar-refractivity contribution in [3.8, 4) is 0 Å². The fourth-order valence-electron chi connectivity index (χ4n) is 1.47. The lowest BCUT2D eigenvalue weighted by Gasteiger charge is -2.08. The number of aryl methyl sites for hydroxylation is 2. The van der Waals surface area contributed by atoms with E-state index in [1.54, 1.807) is 11.7 Å². The number of hydrogen-bond donors (Lipinski definition) is 1. The van der Waals surface area contributed by atoms with Crippen molar-refractivity contribution >= 4 is 5.97 Å². The van der Waals surface area contributed by atoms with Crippen LogP contribution in [-0.4, -0.2) is 20.9 Å². The van der Waals surface area contributed by atoms with Crippen LogP contribution in [0.4, 0.5) is 0 Å². The van der Waals surface area contributed by atoms with Gasteiger partial charge in [0.05, 0.1) is 17.3 Å². The molecule has 4 heteroatoms. The van der Waals surface area contributed by atoms with E-state index in [1.807, 2.05) is 19.9 Å². The summed E-state index contributed by atoms with van der Waals surface area (Å²) in [7, 11) is 1.77. The minimum absolute atomic E-state index is 0.439. The molecule has 0 saturated heterocycles. The average Bonchev–Trinajstić information content (AvgIpc) is 2.31. The number of aromatic nitrogens is 2. The number of carbonyl (C=O) groups is 1. The summed E-state index contributed by atoms with van der Waals surface area (Å²) in [6.45, 7) is 3.72. The Morgan fingerprint density at radius 3 is 2.69 bits per heavy atom. The van der Waals surface area contributed by atoms with Crippen LogP contribution in [0.1, 0.15) is 30.7 Å². The minimum atomic E-state index is -0.787. The van der Waals surface area contributed by atoms with Gasteiger partial charge < -0.3 is 5.11 Å². The Labute approximate surface area is 77.2 Å². The molecule has 13 heavy (non-hydrogen) atoms. The maximum Gasteiger partial charge on any atom is 0.312 e. The zero-order valence-electron chi connectivity index (χ0n) is 8.11. The van der Waals surface area contributed by atoms with Crippen LogP contribution in [0.15, 0.2) is 6.07 Å². The first kappa shape index (κ1) is 9.77. The SMILES string of the molecule is CCC(C(=O)O)c1cc(C)nn1C. The van der Waals surface area contributed by atoms with E-state index in [-0.39, 0.29) is 0 Å². The van der Waals surface area contributed by atoms with E-state index >= 15 is 0 Å². The van der Waals surface area contributed by atoms with Crippen LogP contribution in [0.5, 0.6) is 0 Å².